The molecule has 0 aromatic rings. The summed E-state index contributed by atoms with van der Waals surface area (Å²) in [6, 6.07) is 0. The molecule has 0 saturated carbocycles. The Morgan fingerprint density at radius 1 is 0.789 bits per heavy atom. The maximum absolute atomic E-state index is 6.01. The molecule has 2 heterocycles. The summed E-state index contributed by atoms with van der Waals surface area (Å²) in [5, 5.41) is 0. The maximum atomic E-state index is 6.01. The lowest BCUT2D eigenvalue weighted by Gasteiger charge is -2.37. The highest BCUT2D eigenvalue weighted by Gasteiger charge is 2.53. The first kappa shape index (κ1) is 15.2. The van der Waals surface area contributed by atoms with E-state index >= 15 is 0 Å². The Morgan fingerprint density at radius 2 is 1.42 bits per heavy atom. The first-order chi connectivity index (χ1) is 8.58. The van der Waals surface area contributed by atoms with E-state index < -0.39 is 0 Å². The van der Waals surface area contributed by atoms with E-state index in [2.05, 4.69) is 34.6 Å². The molecule has 2 rings (SSSR count). The van der Waals surface area contributed by atoms with Crippen LogP contribution in [0.1, 0.15) is 61.3 Å². The third-order valence-electron chi connectivity index (χ3n) is 4.95. The summed E-state index contributed by atoms with van der Waals surface area (Å²) in [6.07, 6.45) is 1.62. The largest absolute Gasteiger partial charge is 0.347 e. The minimum absolute atomic E-state index is 0.106. The van der Waals surface area contributed by atoms with Crippen LogP contribution < -0.4 is 0 Å². The third-order valence-corrected chi connectivity index (χ3v) is 4.95. The van der Waals surface area contributed by atoms with Crippen molar-refractivity contribution in [3.05, 3.63) is 0 Å². The first-order valence-corrected chi connectivity index (χ1v) is 7.27. The van der Waals surface area contributed by atoms with Gasteiger partial charge in [0.1, 0.15) is 0 Å². The van der Waals surface area contributed by atoms with Crippen LogP contribution in [-0.2, 0) is 18.9 Å². The fourth-order valence-electron chi connectivity index (χ4n) is 3.11. The van der Waals surface area contributed by atoms with E-state index in [4.69, 9.17) is 18.9 Å². The molecule has 4 heteroatoms. The molecular formula is C15H28O4. The predicted octanol–water partition coefficient (Wildman–Crippen LogP) is 3.24. The van der Waals surface area contributed by atoms with Crippen LogP contribution in [0.25, 0.3) is 0 Å². The fourth-order valence-corrected chi connectivity index (χ4v) is 3.11. The van der Waals surface area contributed by atoms with E-state index in [1.807, 2.05) is 13.8 Å². The standard InChI is InChI=1S/C15H28O4/c1-10-14(6,18-11(2)16-10)8-9-15(7)13(4,5)17-12(3)19-15/h10-12H,8-9H2,1-7H3. The molecule has 0 radical (unpaired) electrons. The van der Waals surface area contributed by atoms with Gasteiger partial charge in [0.2, 0.25) is 0 Å². The quantitative estimate of drug-likeness (QED) is 0.790. The smallest absolute Gasteiger partial charge is 0.156 e. The SMILES string of the molecule is CC1OC(C)C(C)(CCC2(C)OC(C)OC2(C)C)O1. The van der Waals surface area contributed by atoms with Crippen molar-refractivity contribution in [3.8, 4) is 0 Å². The van der Waals surface area contributed by atoms with Crippen molar-refractivity contribution in [1.29, 1.82) is 0 Å². The van der Waals surface area contributed by atoms with E-state index in [9.17, 15) is 0 Å². The molecule has 0 spiro atoms. The Kier molecular flexibility index (Phi) is 3.76. The van der Waals surface area contributed by atoms with Crippen LogP contribution in [0.5, 0.6) is 0 Å². The summed E-state index contributed by atoms with van der Waals surface area (Å²) < 4.78 is 23.5. The molecular weight excluding hydrogens is 244 g/mol. The minimum atomic E-state index is -0.287. The van der Waals surface area contributed by atoms with Crippen LogP contribution in [0.15, 0.2) is 0 Å². The summed E-state index contributed by atoms with van der Waals surface area (Å²) in [5.41, 5.74) is -0.810. The highest BCUT2D eigenvalue weighted by Crippen LogP contribution is 2.44. The lowest BCUT2D eigenvalue weighted by Crippen LogP contribution is -2.47. The van der Waals surface area contributed by atoms with Crippen molar-refractivity contribution in [2.75, 3.05) is 0 Å². The molecule has 0 aromatic heterocycles. The highest BCUT2D eigenvalue weighted by molar-refractivity contribution is 5.00. The van der Waals surface area contributed by atoms with E-state index in [0.29, 0.717) is 0 Å². The zero-order valence-electron chi connectivity index (χ0n) is 13.3. The van der Waals surface area contributed by atoms with E-state index in [-0.39, 0.29) is 35.5 Å². The average molecular weight is 272 g/mol. The Morgan fingerprint density at radius 3 is 1.84 bits per heavy atom. The van der Waals surface area contributed by atoms with Crippen molar-refractivity contribution in [2.24, 2.45) is 0 Å². The van der Waals surface area contributed by atoms with Gasteiger partial charge in [-0.1, -0.05) is 0 Å². The van der Waals surface area contributed by atoms with E-state index in [0.717, 1.165) is 12.8 Å². The number of hydrogen-bond acceptors (Lipinski definition) is 4. The van der Waals surface area contributed by atoms with Crippen LogP contribution in [0.2, 0.25) is 0 Å². The molecule has 19 heavy (non-hydrogen) atoms. The lowest BCUT2D eigenvalue weighted by molar-refractivity contribution is -0.0939. The van der Waals surface area contributed by atoms with Crippen molar-refractivity contribution in [3.63, 3.8) is 0 Å². The third kappa shape index (κ3) is 2.68. The van der Waals surface area contributed by atoms with Gasteiger partial charge in [0.05, 0.1) is 22.9 Å². The van der Waals surface area contributed by atoms with Gasteiger partial charge in [-0.2, -0.15) is 0 Å². The summed E-state index contributed by atoms with van der Waals surface area (Å²) in [5.74, 6) is 0. The fraction of sp³-hybridized carbons (Fsp3) is 1.00. The summed E-state index contributed by atoms with van der Waals surface area (Å²) >= 11 is 0. The molecule has 2 fully saturated rings. The summed E-state index contributed by atoms with van der Waals surface area (Å²) in [7, 11) is 0. The molecule has 2 aliphatic heterocycles. The van der Waals surface area contributed by atoms with Crippen LogP contribution in [0.3, 0.4) is 0 Å². The van der Waals surface area contributed by atoms with Gasteiger partial charge < -0.3 is 18.9 Å². The molecule has 4 nitrogen and oxygen atoms in total. The van der Waals surface area contributed by atoms with E-state index in [1.165, 1.54) is 0 Å². The van der Waals surface area contributed by atoms with Crippen LogP contribution in [0.4, 0.5) is 0 Å². The second-order valence-corrected chi connectivity index (χ2v) is 6.82. The summed E-state index contributed by atoms with van der Waals surface area (Å²) in [6.45, 7) is 14.4. The average Bonchev–Trinajstić information content (AvgIpc) is 2.60. The van der Waals surface area contributed by atoms with Gasteiger partial charge >= 0.3 is 0 Å². The van der Waals surface area contributed by atoms with Crippen LogP contribution in [0, 0.1) is 0 Å². The number of hydrogen-bond donors (Lipinski definition) is 0. The normalized spacial score (nSPS) is 49.7. The molecule has 0 aliphatic carbocycles. The van der Waals surface area contributed by atoms with Crippen LogP contribution >= 0.6 is 0 Å². The van der Waals surface area contributed by atoms with Gasteiger partial charge in [-0.3, -0.25) is 0 Å². The first-order valence-electron chi connectivity index (χ1n) is 7.27. The molecule has 2 saturated heterocycles. The van der Waals surface area contributed by atoms with Gasteiger partial charge in [0.15, 0.2) is 12.6 Å². The number of rotatable bonds is 3. The molecule has 0 N–H and O–H groups in total. The van der Waals surface area contributed by atoms with Gasteiger partial charge in [0, 0.05) is 0 Å². The van der Waals surface area contributed by atoms with Crippen molar-refractivity contribution in [2.45, 2.75) is 96.8 Å². The zero-order chi connectivity index (χ0) is 14.5. The van der Waals surface area contributed by atoms with Gasteiger partial charge in [-0.05, 0) is 61.3 Å². The van der Waals surface area contributed by atoms with E-state index in [1.54, 1.807) is 0 Å². The van der Waals surface area contributed by atoms with Crippen molar-refractivity contribution < 1.29 is 18.9 Å². The molecule has 0 amide bonds. The molecule has 5 unspecified atom stereocenters. The monoisotopic (exact) mass is 272 g/mol. The Balaban J connectivity index is 2.02. The Bertz CT molecular complexity index is 343. The van der Waals surface area contributed by atoms with Crippen molar-refractivity contribution >= 4 is 0 Å². The van der Waals surface area contributed by atoms with Crippen molar-refractivity contribution in [1.82, 2.24) is 0 Å². The minimum Gasteiger partial charge on any atom is -0.347 e. The number of ether oxygens (including phenoxy) is 4. The molecule has 2 aliphatic rings. The van der Waals surface area contributed by atoms with Gasteiger partial charge in [0.25, 0.3) is 0 Å². The highest BCUT2D eigenvalue weighted by atomic mass is 16.8. The Labute approximate surface area is 116 Å². The second kappa shape index (κ2) is 4.69. The zero-order valence-corrected chi connectivity index (χ0v) is 13.3. The Hall–Kier alpha value is -0.160. The molecule has 112 valence electrons. The molecule has 0 aromatic carbocycles. The maximum Gasteiger partial charge on any atom is 0.156 e. The summed E-state index contributed by atoms with van der Waals surface area (Å²) in [4.78, 5) is 0. The topological polar surface area (TPSA) is 36.9 Å². The van der Waals surface area contributed by atoms with Gasteiger partial charge in [-0.25, -0.2) is 0 Å². The van der Waals surface area contributed by atoms with Gasteiger partial charge in [-0.15, -0.1) is 0 Å². The van der Waals surface area contributed by atoms with Crippen LogP contribution in [-0.4, -0.2) is 35.5 Å². The second-order valence-electron chi connectivity index (χ2n) is 6.82. The predicted molar refractivity (Wildman–Crippen MR) is 72.8 cm³/mol. The lowest BCUT2D eigenvalue weighted by atomic mass is 9.80. The molecule has 0 bridgehead atoms. The molecule has 5 atom stereocenters.